The van der Waals surface area contributed by atoms with Crippen LogP contribution < -0.4 is 0 Å². The first-order chi connectivity index (χ1) is 11.1. The molecule has 1 aliphatic heterocycles. The van der Waals surface area contributed by atoms with Crippen molar-refractivity contribution in [2.24, 2.45) is 0 Å². The standard InChI is InChI=1S/C17H21ClN2O3/c18-14-4-1-3-13(11-14)17(5-2-6-17)16(23)20-9-7-19(8-10-20)15(22)12-21/h1,3-4,11,21H,2,5-10,12H2. The fraction of sp³-hybridized carbons (Fsp3) is 0.529. The zero-order valence-corrected chi connectivity index (χ0v) is 13.8. The Morgan fingerprint density at radius 3 is 2.30 bits per heavy atom. The van der Waals surface area contributed by atoms with E-state index in [9.17, 15) is 9.59 Å². The van der Waals surface area contributed by atoms with Crippen LogP contribution in [-0.4, -0.2) is 59.5 Å². The number of benzene rings is 1. The maximum Gasteiger partial charge on any atom is 0.248 e. The van der Waals surface area contributed by atoms with E-state index in [-0.39, 0.29) is 11.8 Å². The molecule has 1 heterocycles. The van der Waals surface area contributed by atoms with E-state index in [1.54, 1.807) is 4.90 Å². The van der Waals surface area contributed by atoms with Gasteiger partial charge in [0, 0.05) is 31.2 Å². The van der Waals surface area contributed by atoms with E-state index in [1.165, 1.54) is 0 Å². The minimum absolute atomic E-state index is 0.141. The Balaban J connectivity index is 1.73. The molecule has 5 nitrogen and oxygen atoms in total. The number of carbonyl (C=O) groups is 2. The second kappa shape index (κ2) is 6.49. The van der Waals surface area contributed by atoms with Gasteiger partial charge in [0.25, 0.3) is 0 Å². The van der Waals surface area contributed by atoms with Crippen molar-refractivity contribution in [1.29, 1.82) is 0 Å². The Labute approximate surface area is 140 Å². The molecule has 0 bridgehead atoms. The lowest BCUT2D eigenvalue weighted by Gasteiger charge is -2.46. The number of rotatable bonds is 3. The number of piperazine rings is 1. The van der Waals surface area contributed by atoms with Gasteiger partial charge in [0.1, 0.15) is 6.61 Å². The second-order valence-electron chi connectivity index (χ2n) is 6.28. The summed E-state index contributed by atoms with van der Waals surface area (Å²) in [4.78, 5) is 28.1. The third kappa shape index (κ3) is 2.95. The SMILES string of the molecule is O=C(CO)N1CCN(C(=O)C2(c3cccc(Cl)c3)CCC2)CC1. The molecule has 2 aliphatic rings. The van der Waals surface area contributed by atoms with E-state index in [0.717, 1.165) is 24.8 Å². The first kappa shape index (κ1) is 16.3. The molecule has 6 heteroatoms. The number of aliphatic hydroxyl groups is 1. The normalized spacial score (nSPS) is 20.1. The molecule has 0 radical (unpaired) electrons. The lowest BCUT2D eigenvalue weighted by Crippen LogP contribution is -2.57. The highest BCUT2D eigenvalue weighted by molar-refractivity contribution is 6.30. The fourth-order valence-electron chi connectivity index (χ4n) is 3.50. The number of amides is 2. The summed E-state index contributed by atoms with van der Waals surface area (Å²) in [6, 6.07) is 7.59. The second-order valence-corrected chi connectivity index (χ2v) is 6.71. The van der Waals surface area contributed by atoms with Crippen molar-refractivity contribution < 1.29 is 14.7 Å². The van der Waals surface area contributed by atoms with Gasteiger partial charge in [-0.3, -0.25) is 9.59 Å². The van der Waals surface area contributed by atoms with E-state index in [4.69, 9.17) is 16.7 Å². The molecule has 2 fully saturated rings. The first-order valence-electron chi connectivity index (χ1n) is 8.01. The molecule has 1 aliphatic carbocycles. The Kier molecular flexibility index (Phi) is 4.60. The summed E-state index contributed by atoms with van der Waals surface area (Å²) in [6.45, 7) is 1.54. The summed E-state index contributed by atoms with van der Waals surface area (Å²) in [5.74, 6) is -0.132. The zero-order valence-electron chi connectivity index (χ0n) is 13.0. The molecule has 1 aromatic carbocycles. The van der Waals surface area contributed by atoms with E-state index >= 15 is 0 Å². The smallest absolute Gasteiger partial charge is 0.248 e. The summed E-state index contributed by atoms with van der Waals surface area (Å²) in [5, 5.41) is 9.58. The molecule has 1 saturated carbocycles. The summed E-state index contributed by atoms with van der Waals surface area (Å²) in [7, 11) is 0. The molecule has 124 valence electrons. The summed E-state index contributed by atoms with van der Waals surface area (Å²) >= 11 is 6.10. The summed E-state index contributed by atoms with van der Waals surface area (Å²) in [6.07, 6.45) is 2.74. The van der Waals surface area contributed by atoms with Crippen LogP contribution in [0, 0.1) is 0 Å². The minimum Gasteiger partial charge on any atom is -0.387 e. The van der Waals surface area contributed by atoms with Gasteiger partial charge in [0.05, 0.1) is 5.41 Å². The van der Waals surface area contributed by atoms with Crippen molar-refractivity contribution >= 4 is 23.4 Å². The molecule has 0 atom stereocenters. The van der Waals surface area contributed by atoms with Crippen LogP contribution in [0.2, 0.25) is 5.02 Å². The van der Waals surface area contributed by atoms with Crippen molar-refractivity contribution in [1.82, 2.24) is 9.80 Å². The van der Waals surface area contributed by atoms with Gasteiger partial charge in [-0.1, -0.05) is 30.2 Å². The van der Waals surface area contributed by atoms with Crippen LogP contribution in [-0.2, 0) is 15.0 Å². The largest absolute Gasteiger partial charge is 0.387 e. The van der Waals surface area contributed by atoms with Crippen LogP contribution in [0.5, 0.6) is 0 Å². The number of halogens is 1. The van der Waals surface area contributed by atoms with Gasteiger partial charge < -0.3 is 14.9 Å². The van der Waals surface area contributed by atoms with Crippen LogP contribution in [0.3, 0.4) is 0 Å². The Hall–Kier alpha value is -1.59. The number of hydrogen-bond donors (Lipinski definition) is 1. The molecule has 1 N–H and O–H groups in total. The van der Waals surface area contributed by atoms with Crippen LogP contribution >= 0.6 is 11.6 Å². The van der Waals surface area contributed by atoms with Crippen molar-refractivity contribution in [3.8, 4) is 0 Å². The average Bonchev–Trinajstić information content (AvgIpc) is 2.53. The van der Waals surface area contributed by atoms with Gasteiger partial charge in [0.2, 0.25) is 11.8 Å². The maximum absolute atomic E-state index is 13.1. The van der Waals surface area contributed by atoms with Gasteiger partial charge in [-0.2, -0.15) is 0 Å². The van der Waals surface area contributed by atoms with Crippen LogP contribution in [0.15, 0.2) is 24.3 Å². The molecular formula is C17H21ClN2O3. The fourth-order valence-corrected chi connectivity index (χ4v) is 3.69. The van der Waals surface area contributed by atoms with Gasteiger partial charge >= 0.3 is 0 Å². The van der Waals surface area contributed by atoms with Crippen molar-refractivity contribution in [3.63, 3.8) is 0 Å². The lowest BCUT2D eigenvalue weighted by molar-refractivity contribution is -0.146. The average molecular weight is 337 g/mol. The minimum atomic E-state index is -0.472. The highest BCUT2D eigenvalue weighted by Gasteiger charge is 2.48. The number of aliphatic hydroxyl groups excluding tert-OH is 1. The Morgan fingerprint density at radius 1 is 1.13 bits per heavy atom. The number of hydrogen-bond acceptors (Lipinski definition) is 3. The first-order valence-corrected chi connectivity index (χ1v) is 8.39. The molecule has 2 amide bonds. The monoisotopic (exact) mass is 336 g/mol. The molecule has 1 aromatic rings. The molecule has 0 aromatic heterocycles. The van der Waals surface area contributed by atoms with E-state index in [1.807, 2.05) is 29.2 Å². The van der Waals surface area contributed by atoms with Gasteiger partial charge in [-0.05, 0) is 30.5 Å². The van der Waals surface area contributed by atoms with E-state index in [0.29, 0.717) is 31.2 Å². The molecule has 1 saturated heterocycles. The van der Waals surface area contributed by atoms with Crippen molar-refractivity contribution in [2.45, 2.75) is 24.7 Å². The van der Waals surface area contributed by atoms with Gasteiger partial charge in [0.15, 0.2) is 0 Å². The third-order valence-corrected chi connectivity index (χ3v) is 5.28. The highest BCUT2D eigenvalue weighted by Crippen LogP contribution is 2.45. The van der Waals surface area contributed by atoms with E-state index in [2.05, 4.69) is 0 Å². The molecular weight excluding hydrogens is 316 g/mol. The van der Waals surface area contributed by atoms with Crippen LogP contribution in [0.25, 0.3) is 0 Å². The summed E-state index contributed by atoms with van der Waals surface area (Å²) in [5.41, 5.74) is 0.545. The topological polar surface area (TPSA) is 60.9 Å². The van der Waals surface area contributed by atoms with Crippen molar-refractivity contribution in [2.75, 3.05) is 32.8 Å². The predicted molar refractivity (Wildman–Crippen MR) is 87.2 cm³/mol. The molecule has 23 heavy (non-hydrogen) atoms. The number of carbonyl (C=O) groups excluding carboxylic acids is 2. The maximum atomic E-state index is 13.1. The molecule has 3 rings (SSSR count). The van der Waals surface area contributed by atoms with Gasteiger partial charge in [-0.15, -0.1) is 0 Å². The molecule has 0 unspecified atom stereocenters. The highest BCUT2D eigenvalue weighted by atomic mass is 35.5. The molecule has 0 spiro atoms. The Morgan fingerprint density at radius 2 is 1.78 bits per heavy atom. The third-order valence-electron chi connectivity index (χ3n) is 5.05. The zero-order chi connectivity index (χ0) is 16.4. The quantitative estimate of drug-likeness (QED) is 0.908. The van der Waals surface area contributed by atoms with Crippen LogP contribution in [0.4, 0.5) is 0 Å². The van der Waals surface area contributed by atoms with Crippen molar-refractivity contribution in [3.05, 3.63) is 34.9 Å². The van der Waals surface area contributed by atoms with Gasteiger partial charge in [-0.25, -0.2) is 0 Å². The number of nitrogens with zero attached hydrogens (tertiary/aromatic N) is 2. The predicted octanol–water partition coefficient (Wildman–Crippen LogP) is 1.42. The van der Waals surface area contributed by atoms with Crippen LogP contribution in [0.1, 0.15) is 24.8 Å². The van der Waals surface area contributed by atoms with E-state index < -0.39 is 12.0 Å². The Bertz CT molecular complexity index is 608. The summed E-state index contributed by atoms with van der Waals surface area (Å²) < 4.78 is 0. The lowest BCUT2D eigenvalue weighted by atomic mass is 9.63.